The lowest BCUT2D eigenvalue weighted by molar-refractivity contribution is 0.0954. The Balaban J connectivity index is 2.83. The van der Waals surface area contributed by atoms with Crippen LogP contribution in [-0.2, 0) is 0 Å². The monoisotopic (exact) mass is 276 g/mol. The van der Waals surface area contributed by atoms with Gasteiger partial charge in [-0.3, -0.25) is 4.79 Å². The van der Waals surface area contributed by atoms with Gasteiger partial charge in [0, 0.05) is 22.6 Å². The van der Waals surface area contributed by atoms with Gasteiger partial charge in [-0.1, -0.05) is 11.6 Å². The lowest BCUT2D eigenvalue weighted by Gasteiger charge is -2.05. The molecule has 3 nitrogen and oxygen atoms in total. The summed E-state index contributed by atoms with van der Waals surface area (Å²) in [6.45, 7) is 0.877. The molecule has 0 radical (unpaired) electrons. The predicted octanol–water partition coefficient (Wildman–Crippen LogP) is 1.79. The number of rotatable bonds is 3. The van der Waals surface area contributed by atoms with Crippen molar-refractivity contribution in [1.29, 1.82) is 0 Å². The molecule has 1 aromatic rings. The fourth-order valence-corrected chi connectivity index (χ4v) is 1.55. The summed E-state index contributed by atoms with van der Waals surface area (Å²) in [5, 5.41) is 3.20. The summed E-state index contributed by atoms with van der Waals surface area (Å²) in [4.78, 5) is 11.5. The maximum Gasteiger partial charge on any atom is 0.252 e. The zero-order valence-corrected chi connectivity index (χ0v) is 9.73. The molecule has 0 bridgehead atoms. The van der Waals surface area contributed by atoms with Gasteiger partial charge in [0.2, 0.25) is 0 Å². The molecule has 1 amide bonds. The van der Waals surface area contributed by atoms with Crippen LogP contribution in [0.4, 0.5) is 0 Å². The Hall–Kier alpha value is -0.580. The van der Waals surface area contributed by atoms with Crippen molar-refractivity contribution in [2.45, 2.75) is 0 Å². The predicted molar refractivity (Wildman–Crippen MR) is 60.5 cm³/mol. The van der Waals surface area contributed by atoms with Crippen molar-refractivity contribution in [2.75, 3.05) is 13.1 Å². The largest absolute Gasteiger partial charge is 0.351 e. The molecule has 0 aliphatic rings. The number of nitrogens with two attached hydrogens (primary N) is 1. The highest BCUT2D eigenvalue weighted by molar-refractivity contribution is 9.10. The van der Waals surface area contributed by atoms with E-state index >= 15 is 0 Å². The van der Waals surface area contributed by atoms with Gasteiger partial charge in [0.1, 0.15) is 0 Å². The van der Waals surface area contributed by atoms with Crippen LogP contribution in [0, 0.1) is 0 Å². The number of nitrogens with one attached hydrogen (secondary N) is 1. The molecule has 3 N–H and O–H groups in total. The molecule has 76 valence electrons. The summed E-state index contributed by atoms with van der Waals surface area (Å²) < 4.78 is 0.719. The molecule has 0 aromatic heterocycles. The van der Waals surface area contributed by atoms with Crippen LogP contribution < -0.4 is 11.1 Å². The van der Waals surface area contributed by atoms with Gasteiger partial charge in [0.15, 0.2) is 0 Å². The van der Waals surface area contributed by atoms with Crippen LogP contribution in [0.25, 0.3) is 0 Å². The smallest absolute Gasteiger partial charge is 0.252 e. The van der Waals surface area contributed by atoms with E-state index in [0.717, 1.165) is 4.47 Å². The first kappa shape index (κ1) is 11.5. The number of halogens is 2. The van der Waals surface area contributed by atoms with Crippen molar-refractivity contribution in [1.82, 2.24) is 5.32 Å². The van der Waals surface area contributed by atoms with Gasteiger partial charge in [-0.25, -0.2) is 0 Å². The fraction of sp³-hybridized carbons (Fsp3) is 0.222. The second-order valence-corrected chi connectivity index (χ2v) is 3.96. The summed E-state index contributed by atoms with van der Waals surface area (Å²) in [5.41, 5.74) is 5.79. The number of carbonyl (C=O) groups excluding carboxylic acids is 1. The van der Waals surface area contributed by atoms with Crippen molar-refractivity contribution in [3.05, 3.63) is 33.3 Å². The van der Waals surface area contributed by atoms with Crippen molar-refractivity contribution in [2.24, 2.45) is 5.73 Å². The number of hydrogen-bond donors (Lipinski definition) is 2. The van der Waals surface area contributed by atoms with Crippen LogP contribution in [0.15, 0.2) is 22.7 Å². The Kier molecular flexibility index (Phi) is 4.38. The van der Waals surface area contributed by atoms with Gasteiger partial charge in [-0.05, 0) is 34.1 Å². The number of carbonyl (C=O) groups is 1. The van der Waals surface area contributed by atoms with E-state index in [4.69, 9.17) is 17.3 Å². The molecular weight excluding hydrogens is 267 g/mol. The van der Waals surface area contributed by atoms with Crippen LogP contribution in [0.3, 0.4) is 0 Å². The minimum Gasteiger partial charge on any atom is -0.351 e. The minimum atomic E-state index is -0.176. The van der Waals surface area contributed by atoms with E-state index in [9.17, 15) is 4.79 Å². The first-order chi connectivity index (χ1) is 6.65. The van der Waals surface area contributed by atoms with E-state index in [0.29, 0.717) is 23.7 Å². The van der Waals surface area contributed by atoms with Gasteiger partial charge in [-0.15, -0.1) is 0 Å². The molecule has 0 atom stereocenters. The Morgan fingerprint density at radius 1 is 1.57 bits per heavy atom. The first-order valence-corrected chi connectivity index (χ1v) is 5.25. The van der Waals surface area contributed by atoms with Gasteiger partial charge in [0.05, 0.1) is 5.56 Å². The SMILES string of the molecule is NCCNC(=O)c1cc(Cl)ccc1Br. The van der Waals surface area contributed by atoms with E-state index in [1.54, 1.807) is 18.2 Å². The number of hydrogen-bond acceptors (Lipinski definition) is 2. The van der Waals surface area contributed by atoms with E-state index in [1.807, 2.05) is 0 Å². The average Bonchev–Trinajstić information content (AvgIpc) is 2.18. The molecule has 0 fully saturated rings. The third-order valence-corrected chi connectivity index (χ3v) is 2.53. The second kappa shape index (κ2) is 5.34. The highest BCUT2D eigenvalue weighted by atomic mass is 79.9. The third kappa shape index (κ3) is 2.97. The number of benzene rings is 1. The fourth-order valence-electron chi connectivity index (χ4n) is 0.952. The summed E-state index contributed by atoms with van der Waals surface area (Å²) in [6, 6.07) is 5.06. The van der Waals surface area contributed by atoms with Gasteiger partial charge in [-0.2, -0.15) is 0 Å². The van der Waals surface area contributed by atoms with Crippen molar-refractivity contribution in [3.63, 3.8) is 0 Å². The topological polar surface area (TPSA) is 55.1 Å². The molecule has 0 unspecified atom stereocenters. The highest BCUT2D eigenvalue weighted by Crippen LogP contribution is 2.20. The van der Waals surface area contributed by atoms with Crippen LogP contribution in [0.5, 0.6) is 0 Å². The zero-order chi connectivity index (χ0) is 10.6. The van der Waals surface area contributed by atoms with Crippen molar-refractivity contribution >= 4 is 33.4 Å². The Bertz CT molecular complexity index is 344. The Morgan fingerprint density at radius 3 is 2.93 bits per heavy atom. The van der Waals surface area contributed by atoms with Crippen molar-refractivity contribution < 1.29 is 4.79 Å². The molecular formula is C9H10BrClN2O. The van der Waals surface area contributed by atoms with Gasteiger partial charge < -0.3 is 11.1 Å². The number of amides is 1. The van der Waals surface area contributed by atoms with Gasteiger partial charge >= 0.3 is 0 Å². The lowest BCUT2D eigenvalue weighted by atomic mass is 10.2. The standard InChI is InChI=1S/C9H10BrClN2O/c10-8-2-1-6(11)5-7(8)9(14)13-4-3-12/h1-2,5H,3-4,12H2,(H,13,14). The maximum absolute atomic E-state index is 11.5. The van der Waals surface area contributed by atoms with E-state index in [-0.39, 0.29) is 5.91 Å². The van der Waals surface area contributed by atoms with Crippen LogP contribution >= 0.6 is 27.5 Å². The molecule has 1 rings (SSSR count). The molecule has 0 saturated heterocycles. The average molecular weight is 278 g/mol. The van der Waals surface area contributed by atoms with Crippen LogP contribution in [0.2, 0.25) is 5.02 Å². The molecule has 0 heterocycles. The molecule has 0 aliphatic heterocycles. The van der Waals surface area contributed by atoms with Crippen LogP contribution in [-0.4, -0.2) is 19.0 Å². The second-order valence-electron chi connectivity index (χ2n) is 2.67. The molecule has 0 saturated carbocycles. The molecule has 1 aromatic carbocycles. The van der Waals surface area contributed by atoms with E-state index in [1.165, 1.54) is 0 Å². The normalized spacial score (nSPS) is 9.93. The van der Waals surface area contributed by atoms with Crippen molar-refractivity contribution in [3.8, 4) is 0 Å². The molecule has 0 aliphatic carbocycles. The van der Waals surface area contributed by atoms with Crippen LogP contribution in [0.1, 0.15) is 10.4 Å². The van der Waals surface area contributed by atoms with E-state index < -0.39 is 0 Å². The minimum absolute atomic E-state index is 0.176. The quantitative estimate of drug-likeness (QED) is 0.885. The first-order valence-electron chi connectivity index (χ1n) is 4.08. The summed E-state index contributed by atoms with van der Waals surface area (Å²) in [7, 11) is 0. The maximum atomic E-state index is 11.5. The summed E-state index contributed by atoms with van der Waals surface area (Å²) in [5.74, 6) is -0.176. The molecule has 5 heteroatoms. The Labute approximate surface area is 95.7 Å². The molecule has 14 heavy (non-hydrogen) atoms. The third-order valence-electron chi connectivity index (χ3n) is 1.60. The van der Waals surface area contributed by atoms with Gasteiger partial charge in [0.25, 0.3) is 5.91 Å². The van der Waals surface area contributed by atoms with E-state index in [2.05, 4.69) is 21.2 Å². The summed E-state index contributed by atoms with van der Waals surface area (Å²) >= 11 is 9.04. The Morgan fingerprint density at radius 2 is 2.29 bits per heavy atom. The zero-order valence-electron chi connectivity index (χ0n) is 7.39. The molecule has 0 spiro atoms. The highest BCUT2D eigenvalue weighted by Gasteiger charge is 2.09. The summed E-state index contributed by atoms with van der Waals surface area (Å²) in [6.07, 6.45) is 0. The lowest BCUT2D eigenvalue weighted by Crippen LogP contribution is -2.29.